The van der Waals surface area contributed by atoms with Crippen molar-refractivity contribution < 1.29 is 14.3 Å². The Hall–Kier alpha value is -0.650. The van der Waals surface area contributed by atoms with Crippen LogP contribution in [0.1, 0.15) is 26.7 Å². The average Bonchev–Trinajstić information content (AvgIpc) is 2.32. The maximum absolute atomic E-state index is 11.3. The van der Waals surface area contributed by atoms with Crippen LogP contribution in [0.25, 0.3) is 0 Å². The van der Waals surface area contributed by atoms with Crippen molar-refractivity contribution in [3.63, 3.8) is 0 Å². The van der Waals surface area contributed by atoms with Gasteiger partial charge < -0.3 is 20.1 Å². The van der Waals surface area contributed by atoms with Crippen LogP contribution in [0.15, 0.2) is 0 Å². The van der Waals surface area contributed by atoms with Gasteiger partial charge in [0.25, 0.3) is 0 Å². The maximum atomic E-state index is 11.3. The van der Waals surface area contributed by atoms with Gasteiger partial charge in [0.1, 0.15) is 0 Å². The lowest BCUT2D eigenvalue weighted by Crippen LogP contribution is -2.31. The van der Waals surface area contributed by atoms with Gasteiger partial charge in [-0.3, -0.25) is 4.79 Å². The molecule has 5 heteroatoms. The van der Waals surface area contributed by atoms with Gasteiger partial charge in [-0.05, 0) is 12.3 Å². The highest BCUT2D eigenvalue weighted by atomic mass is 16.5. The largest absolute Gasteiger partial charge is 0.383 e. The zero-order valence-corrected chi connectivity index (χ0v) is 12.0. The van der Waals surface area contributed by atoms with Crippen LogP contribution in [-0.2, 0) is 14.3 Å². The molecule has 18 heavy (non-hydrogen) atoms. The van der Waals surface area contributed by atoms with Gasteiger partial charge >= 0.3 is 0 Å². The molecule has 0 aliphatic carbocycles. The van der Waals surface area contributed by atoms with E-state index in [0.29, 0.717) is 38.6 Å². The molecule has 0 aliphatic heterocycles. The molecule has 0 aromatic rings. The average molecular weight is 260 g/mol. The van der Waals surface area contributed by atoms with Gasteiger partial charge in [-0.2, -0.15) is 0 Å². The first-order valence-corrected chi connectivity index (χ1v) is 6.71. The van der Waals surface area contributed by atoms with Crippen molar-refractivity contribution in [2.24, 2.45) is 5.92 Å². The molecule has 2 N–H and O–H groups in total. The lowest BCUT2D eigenvalue weighted by molar-refractivity contribution is -0.121. The van der Waals surface area contributed by atoms with Gasteiger partial charge in [0.15, 0.2) is 0 Å². The van der Waals surface area contributed by atoms with Gasteiger partial charge in [-0.1, -0.05) is 13.8 Å². The number of methoxy groups -OCH3 is 1. The van der Waals surface area contributed by atoms with Crippen LogP contribution in [0.2, 0.25) is 0 Å². The molecule has 1 amide bonds. The first-order valence-electron chi connectivity index (χ1n) is 6.71. The molecule has 0 radical (unpaired) electrons. The summed E-state index contributed by atoms with van der Waals surface area (Å²) >= 11 is 0. The highest BCUT2D eigenvalue weighted by Crippen LogP contribution is 1.98. The molecule has 0 unspecified atom stereocenters. The molecular weight excluding hydrogens is 232 g/mol. The van der Waals surface area contributed by atoms with Crippen molar-refractivity contribution in [1.82, 2.24) is 10.6 Å². The molecule has 0 heterocycles. The molecule has 0 aromatic carbocycles. The summed E-state index contributed by atoms with van der Waals surface area (Å²) in [4.78, 5) is 11.3. The smallest absolute Gasteiger partial charge is 0.221 e. The van der Waals surface area contributed by atoms with Crippen molar-refractivity contribution in [3.05, 3.63) is 0 Å². The van der Waals surface area contributed by atoms with E-state index in [-0.39, 0.29) is 5.91 Å². The first kappa shape index (κ1) is 17.4. The number of hydrogen-bond acceptors (Lipinski definition) is 4. The van der Waals surface area contributed by atoms with Crippen LogP contribution in [0.5, 0.6) is 0 Å². The number of ether oxygens (including phenoxy) is 2. The molecule has 0 atom stereocenters. The number of rotatable bonds is 12. The van der Waals surface area contributed by atoms with Gasteiger partial charge in [0, 0.05) is 39.8 Å². The van der Waals surface area contributed by atoms with Crippen LogP contribution in [-0.4, -0.2) is 52.5 Å². The summed E-state index contributed by atoms with van der Waals surface area (Å²) in [5.74, 6) is 0.744. The molecule has 0 fully saturated rings. The van der Waals surface area contributed by atoms with Crippen molar-refractivity contribution in [1.29, 1.82) is 0 Å². The van der Waals surface area contributed by atoms with E-state index in [0.717, 1.165) is 19.6 Å². The second-order valence-electron chi connectivity index (χ2n) is 4.64. The first-order chi connectivity index (χ1) is 8.66. The third kappa shape index (κ3) is 13.4. The Morgan fingerprint density at radius 3 is 2.56 bits per heavy atom. The Kier molecular flexibility index (Phi) is 12.3. The second kappa shape index (κ2) is 12.8. The molecule has 0 saturated carbocycles. The lowest BCUT2D eigenvalue weighted by atomic mass is 10.1. The number of carbonyl (C=O) groups excluding carboxylic acids is 1. The Labute approximate surface area is 111 Å². The van der Waals surface area contributed by atoms with E-state index in [1.165, 1.54) is 0 Å². The van der Waals surface area contributed by atoms with Crippen molar-refractivity contribution >= 4 is 5.91 Å². The highest BCUT2D eigenvalue weighted by Gasteiger charge is 1.99. The fraction of sp³-hybridized carbons (Fsp3) is 0.923. The van der Waals surface area contributed by atoms with Crippen molar-refractivity contribution in [2.75, 3.05) is 46.6 Å². The minimum atomic E-state index is 0.0558. The quantitative estimate of drug-likeness (QED) is 0.509. The van der Waals surface area contributed by atoms with Crippen LogP contribution >= 0.6 is 0 Å². The summed E-state index contributed by atoms with van der Waals surface area (Å²) in [7, 11) is 1.62. The summed E-state index contributed by atoms with van der Waals surface area (Å²) in [6.45, 7) is 8.51. The predicted octanol–water partition coefficient (Wildman–Crippen LogP) is 0.791. The molecular formula is C13H28N2O3. The Balaban J connectivity index is 3.12. The van der Waals surface area contributed by atoms with E-state index in [4.69, 9.17) is 9.47 Å². The van der Waals surface area contributed by atoms with Crippen LogP contribution in [0.4, 0.5) is 0 Å². The van der Waals surface area contributed by atoms with E-state index in [1.54, 1.807) is 7.11 Å². The summed E-state index contributed by atoms with van der Waals surface area (Å²) in [5.41, 5.74) is 0. The SMILES string of the molecule is COCCNC(=O)CCNCCOCCC(C)C. The van der Waals surface area contributed by atoms with Gasteiger partial charge in [0.2, 0.25) is 5.91 Å². The summed E-state index contributed by atoms with van der Waals surface area (Å²) in [6.07, 6.45) is 1.59. The van der Waals surface area contributed by atoms with E-state index in [1.807, 2.05) is 0 Å². The molecule has 0 bridgehead atoms. The Morgan fingerprint density at radius 1 is 1.11 bits per heavy atom. The minimum Gasteiger partial charge on any atom is -0.383 e. The van der Waals surface area contributed by atoms with E-state index in [9.17, 15) is 4.79 Å². The standard InChI is InChI=1S/C13H28N2O3/c1-12(2)5-9-18-11-7-14-6-4-13(16)15-8-10-17-3/h12,14H,4-11H2,1-3H3,(H,15,16). The third-order valence-electron chi connectivity index (χ3n) is 2.42. The predicted molar refractivity (Wildman–Crippen MR) is 72.6 cm³/mol. The normalized spacial score (nSPS) is 10.9. The molecule has 0 aliphatic rings. The molecule has 0 rings (SSSR count). The van der Waals surface area contributed by atoms with Gasteiger partial charge in [0.05, 0.1) is 13.2 Å². The van der Waals surface area contributed by atoms with Crippen LogP contribution in [0.3, 0.4) is 0 Å². The Bertz CT molecular complexity index is 199. The highest BCUT2D eigenvalue weighted by molar-refractivity contribution is 5.75. The number of hydrogen-bond donors (Lipinski definition) is 2. The van der Waals surface area contributed by atoms with Crippen molar-refractivity contribution in [3.8, 4) is 0 Å². The number of nitrogens with one attached hydrogen (secondary N) is 2. The maximum Gasteiger partial charge on any atom is 0.221 e. The van der Waals surface area contributed by atoms with Crippen LogP contribution in [0, 0.1) is 5.92 Å². The van der Waals surface area contributed by atoms with Crippen molar-refractivity contribution in [2.45, 2.75) is 26.7 Å². The number of amides is 1. The molecule has 0 spiro atoms. The number of carbonyl (C=O) groups is 1. The molecule has 108 valence electrons. The monoisotopic (exact) mass is 260 g/mol. The fourth-order valence-corrected chi connectivity index (χ4v) is 1.27. The lowest BCUT2D eigenvalue weighted by Gasteiger charge is -2.08. The second-order valence-corrected chi connectivity index (χ2v) is 4.64. The Morgan fingerprint density at radius 2 is 1.89 bits per heavy atom. The topological polar surface area (TPSA) is 59.6 Å². The zero-order valence-electron chi connectivity index (χ0n) is 12.0. The third-order valence-corrected chi connectivity index (χ3v) is 2.42. The minimum absolute atomic E-state index is 0.0558. The summed E-state index contributed by atoms with van der Waals surface area (Å²) in [5, 5.41) is 5.95. The van der Waals surface area contributed by atoms with E-state index >= 15 is 0 Å². The fourth-order valence-electron chi connectivity index (χ4n) is 1.27. The molecule has 0 saturated heterocycles. The van der Waals surface area contributed by atoms with Gasteiger partial charge in [-0.25, -0.2) is 0 Å². The van der Waals surface area contributed by atoms with E-state index in [2.05, 4.69) is 24.5 Å². The van der Waals surface area contributed by atoms with Crippen LogP contribution < -0.4 is 10.6 Å². The van der Waals surface area contributed by atoms with E-state index < -0.39 is 0 Å². The molecule has 0 aromatic heterocycles. The summed E-state index contributed by atoms with van der Waals surface area (Å²) in [6, 6.07) is 0. The molecule has 5 nitrogen and oxygen atoms in total. The zero-order chi connectivity index (χ0) is 13.6. The van der Waals surface area contributed by atoms with Gasteiger partial charge in [-0.15, -0.1) is 0 Å². The summed E-state index contributed by atoms with van der Waals surface area (Å²) < 4.78 is 10.3.